The van der Waals surface area contributed by atoms with Crippen LogP contribution in [0.5, 0.6) is 0 Å². The van der Waals surface area contributed by atoms with Crippen molar-refractivity contribution in [2.75, 3.05) is 13.1 Å². The van der Waals surface area contributed by atoms with Crippen LogP contribution in [-0.2, 0) is 16.1 Å². The van der Waals surface area contributed by atoms with Crippen LogP contribution >= 0.6 is 0 Å². The number of alkyl halides is 17. The molecule has 1 aromatic carbocycles. The summed E-state index contributed by atoms with van der Waals surface area (Å²) in [6.07, 6.45) is -13.7. The second-order valence-electron chi connectivity index (χ2n) is 9.38. The molecule has 0 spiro atoms. The van der Waals surface area contributed by atoms with Crippen LogP contribution in [0.1, 0.15) is 24.8 Å². The molecule has 23 heteroatoms. The molecule has 0 saturated heterocycles. The molecule has 1 atom stereocenters. The molecule has 6 nitrogen and oxygen atoms in total. The van der Waals surface area contributed by atoms with E-state index in [1.165, 1.54) is 0 Å². The van der Waals surface area contributed by atoms with E-state index >= 15 is 0 Å². The van der Waals surface area contributed by atoms with Gasteiger partial charge < -0.3 is 21.1 Å². The van der Waals surface area contributed by atoms with Crippen molar-refractivity contribution in [3.63, 3.8) is 0 Å². The first-order chi connectivity index (χ1) is 20.6. The van der Waals surface area contributed by atoms with E-state index in [0.717, 1.165) is 0 Å². The van der Waals surface area contributed by atoms with Crippen LogP contribution in [0.25, 0.3) is 0 Å². The van der Waals surface area contributed by atoms with E-state index in [0.29, 0.717) is 5.56 Å². The van der Waals surface area contributed by atoms with Gasteiger partial charge in [0, 0.05) is 13.0 Å². The number of hydrogen-bond acceptors (Lipinski definition) is 4. The Kier molecular flexibility index (Phi) is 12.3. The van der Waals surface area contributed by atoms with E-state index in [2.05, 4.69) is 0 Å². The van der Waals surface area contributed by atoms with Gasteiger partial charge in [-0.2, -0.15) is 74.6 Å². The summed E-state index contributed by atoms with van der Waals surface area (Å²) in [6.45, 7) is -1.82. The zero-order chi connectivity index (χ0) is 36.2. The van der Waals surface area contributed by atoms with E-state index in [4.69, 9.17) is 10.5 Å². The number of ether oxygens (including phenoxy) is 1. The number of nitrogens with one attached hydrogen (secondary N) is 2. The summed E-state index contributed by atoms with van der Waals surface area (Å²) in [7, 11) is 0. The summed E-state index contributed by atoms with van der Waals surface area (Å²) in [4.78, 5) is 24.1. The van der Waals surface area contributed by atoms with Gasteiger partial charge in [-0.15, -0.1) is 0 Å². The van der Waals surface area contributed by atoms with E-state index in [1.54, 1.807) is 35.6 Å². The highest BCUT2D eigenvalue weighted by Gasteiger charge is 2.95. The Morgan fingerprint density at radius 3 is 1.61 bits per heavy atom. The van der Waals surface area contributed by atoms with Crippen molar-refractivity contribution in [1.82, 2.24) is 10.6 Å². The summed E-state index contributed by atoms with van der Waals surface area (Å²) in [6, 6.07) is 6.30. The van der Waals surface area contributed by atoms with Gasteiger partial charge in [0.05, 0.1) is 0 Å². The van der Waals surface area contributed by atoms with Crippen molar-refractivity contribution < 1.29 is 89.0 Å². The zero-order valence-electron chi connectivity index (χ0n) is 22.4. The van der Waals surface area contributed by atoms with E-state index in [9.17, 15) is 84.2 Å². The fourth-order valence-electron chi connectivity index (χ4n) is 3.34. The van der Waals surface area contributed by atoms with E-state index in [1.807, 2.05) is 5.32 Å². The topological polar surface area (TPSA) is 93.4 Å². The molecule has 0 aliphatic heterocycles. The number of nitrogens with two attached hydrogens (primary N) is 1. The molecular weight excluding hydrogens is 689 g/mol. The average molecular weight is 711 g/mol. The molecule has 46 heavy (non-hydrogen) atoms. The SMILES string of the molecule is NCCC(NC(=O)OCc1ccccc1)C(=O)NCCCC(F)(F)C(F)(F)C(F)(F)C(F)(F)C(F)(F)C(F)(F)C(F)(F)C(F)(F)F. The first-order valence-corrected chi connectivity index (χ1v) is 12.2. The molecule has 0 bridgehead atoms. The van der Waals surface area contributed by atoms with Gasteiger partial charge >= 0.3 is 53.7 Å². The maximum Gasteiger partial charge on any atom is 0.460 e. The first-order valence-electron chi connectivity index (χ1n) is 12.2. The molecule has 0 radical (unpaired) electrons. The lowest BCUT2D eigenvalue weighted by Gasteiger charge is -2.42. The van der Waals surface area contributed by atoms with Gasteiger partial charge in [0.2, 0.25) is 5.91 Å². The number of rotatable bonds is 16. The van der Waals surface area contributed by atoms with Crippen LogP contribution in [0.15, 0.2) is 30.3 Å². The lowest BCUT2D eigenvalue weighted by atomic mass is 9.88. The first kappa shape index (κ1) is 40.8. The Bertz CT molecular complexity index is 1180. The third kappa shape index (κ3) is 7.64. The van der Waals surface area contributed by atoms with Gasteiger partial charge in [-0.25, -0.2) is 4.79 Å². The summed E-state index contributed by atoms with van der Waals surface area (Å²) in [5, 5.41) is 3.72. The third-order valence-corrected chi connectivity index (χ3v) is 6.03. The molecule has 0 aliphatic carbocycles. The number of halogens is 17. The van der Waals surface area contributed by atoms with Crippen molar-refractivity contribution in [3.05, 3.63) is 35.9 Å². The Labute approximate surface area is 246 Å². The maximum absolute atomic E-state index is 14.0. The van der Waals surface area contributed by atoms with E-state index in [-0.39, 0.29) is 19.6 Å². The molecule has 266 valence electrons. The van der Waals surface area contributed by atoms with Crippen molar-refractivity contribution in [1.29, 1.82) is 0 Å². The molecule has 1 aromatic rings. The minimum absolute atomic E-state index is 0.301. The molecule has 0 aliphatic rings. The van der Waals surface area contributed by atoms with Gasteiger partial charge in [0.1, 0.15) is 12.6 Å². The summed E-state index contributed by atoms with van der Waals surface area (Å²) >= 11 is 0. The Balaban J connectivity index is 3.00. The largest absolute Gasteiger partial charge is 0.460 e. The Hall–Kier alpha value is -3.27. The van der Waals surface area contributed by atoms with Crippen LogP contribution < -0.4 is 16.4 Å². The number of benzene rings is 1. The standard InChI is InChI=1S/C23H22F17N3O3/c24-16(25,8-4-10-42-14(44)13(7-9-41)43-15(45)46-11-12-5-2-1-3-6-12)17(26,27)18(28,29)19(30,31)20(32,33)21(34,35)22(36,37)23(38,39)40/h1-3,5-6,13H,4,7-11,41H2,(H,42,44)(H,43,45). The number of carbonyl (C=O) groups is 2. The molecule has 0 heterocycles. The molecule has 4 N–H and O–H groups in total. The maximum atomic E-state index is 14.0. The molecule has 1 unspecified atom stereocenters. The van der Waals surface area contributed by atoms with Crippen molar-refractivity contribution in [2.45, 2.75) is 79.5 Å². The van der Waals surface area contributed by atoms with Gasteiger partial charge in [-0.05, 0) is 24.9 Å². The van der Waals surface area contributed by atoms with Gasteiger partial charge in [-0.3, -0.25) is 4.79 Å². The highest BCUT2D eigenvalue weighted by molar-refractivity contribution is 5.85. The van der Waals surface area contributed by atoms with Crippen LogP contribution in [0.4, 0.5) is 79.4 Å². The monoisotopic (exact) mass is 711 g/mol. The smallest absolute Gasteiger partial charge is 0.445 e. The molecule has 0 aromatic heterocycles. The molecule has 0 fully saturated rings. The third-order valence-electron chi connectivity index (χ3n) is 6.03. The fourth-order valence-corrected chi connectivity index (χ4v) is 3.34. The second kappa shape index (κ2) is 13.8. The van der Waals surface area contributed by atoms with Crippen molar-refractivity contribution in [3.8, 4) is 0 Å². The van der Waals surface area contributed by atoms with Crippen LogP contribution in [0, 0.1) is 0 Å². The zero-order valence-corrected chi connectivity index (χ0v) is 22.4. The Morgan fingerprint density at radius 2 is 1.15 bits per heavy atom. The lowest BCUT2D eigenvalue weighted by Crippen LogP contribution is -2.74. The highest BCUT2D eigenvalue weighted by atomic mass is 19.4. The number of hydrogen-bond donors (Lipinski definition) is 3. The minimum atomic E-state index is -8.71. The number of alkyl carbamates (subject to hydrolysis) is 1. The fraction of sp³-hybridized carbons (Fsp3) is 0.652. The highest BCUT2D eigenvalue weighted by Crippen LogP contribution is 2.64. The molecule has 1 rings (SSSR count). The van der Waals surface area contributed by atoms with Gasteiger partial charge in [0.15, 0.2) is 0 Å². The predicted octanol–water partition coefficient (Wildman–Crippen LogP) is 6.54. The second-order valence-corrected chi connectivity index (χ2v) is 9.38. The number of carbonyl (C=O) groups excluding carboxylic acids is 2. The van der Waals surface area contributed by atoms with Crippen LogP contribution in [-0.4, -0.2) is 78.8 Å². The van der Waals surface area contributed by atoms with Crippen LogP contribution in [0.2, 0.25) is 0 Å². The van der Waals surface area contributed by atoms with Crippen molar-refractivity contribution in [2.24, 2.45) is 5.73 Å². The summed E-state index contributed by atoms with van der Waals surface area (Å²) in [5.74, 6) is -58.2. The average Bonchev–Trinajstić information content (AvgIpc) is 2.93. The lowest BCUT2D eigenvalue weighted by molar-refractivity contribution is -0.461. The van der Waals surface area contributed by atoms with Crippen molar-refractivity contribution >= 4 is 12.0 Å². The predicted molar refractivity (Wildman–Crippen MR) is 120 cm³/mol. The van der Waals surface area contributed by atoms with Gasteiger partial charge in [0.25, 0.3) is 0 Å². The number of amides is 2. The quantitative estimate of drug-likeness (QED) is 0.134. The van der Waals surface area contributed by atoms with Gasteiger partial charge in [-0.1, -0.05) is 30.3 Å². The molecular formula is C23H22F17N3O3. The Morgan fingerprint density at radius 1 is 0.696 bits per heavy atom. The normalized spacial score (nSPS) is 14.9. The van der Waals surface area contributed by atoms with E-state index < -0.39 is 85.1 Å². The minimum Gasteiger partial charge on any atom is -0.445 e. The summed E-state index contributed by atoms with van der Waals surface area (Å²) < 4.78 is 232. The van der Waals surface area contributed by atoms with Crippen LogP contribution in [0.3, 0.4) is 0 Å². The molecule has 2 amide bonds. The summed E-state index contributed by atoms with van der Waals surface area (Å²) in [5.41, 5.74) is 5.76. The molecule has 0 saturated carbocycles.